The Kier molecular flexibility index (Phi) is 6.36. The highest BCUT2D eigenvalue weighted by Gasteiger charge is 2.28. The second-order valence-electron chi connectivity index (χ2n) is 5.33. The van der Waals surface area contributed by atoms with Crippen LogP contribution in [-0.2, 0) is 14.3 Å². The van der Waals surface area contributed by atoms with Crippen molar-refractivity contribution in [3.63, 3.8) is 0 Å². The van der Waals surface area contributed by atoms with Crippen molar-refractivity contribution in [3.05, 3.63) is 23.9 Å². The molecule has 1 aromatic heterocycles. The highest BCUT2D eigenvalue weighted by molar-refractivity contribution is 5.80. The lowest BCUT2D eigenvalue weighted by molar-refractivity contribution is -0.143. The van der Waals surface area contributed by atoms with E-state index in [2.05, 4.69) is 15.6 Å². The number of pyridine rings is 1. The van der Waals surface area contributed by atoms with Crippen molar-refractivity contribution in [2.24, 2.45) is 5.92 Å². The number of esters is 1. The lowest BCUT2D eigenvalue weighted by Gasteiger charge is -2.08. The molecule has 0 unspecified atom stereocenters. The Morgan fingerprint density at radius 1 is 1.39 bits per heavy atom. The van der Waals surface area contributed by atoms with E-state index < -0.39 is 0 Å². The third-order valence-electron chi connectivity index (χ3n) is 3.39. The van der Waals surface area contributed by atoms with Gasteiger partial charge >= 0.3 is 5.97 Å². The van der Waals surface area contributed by atoms with Crippen molar-refractivity contribution < 1.29 is 14.3 Å². The van der Waals surface area contributed by atoms with E-state index in [0.717, 1.165) is 12.8 Å². The molecule has 1 aromatic rings. The topological polar surface area (TPSA) is 104 Å². The minimum atomic E-state index is -0.297. The number of rotatable bonds is 9. The summed E-state index contributed by atoms with van der Waals surface area (Å²) in [7, 11) is 0. The van der Waals surface area contributed by atoms with E-state index in [9.17, 15) is 9.59 Å². The molecule has 1 aliphatic carbocycles. The zero-order valence-corrected chi connectivity index (χ0v) is 12.9. The van der Waals surface area contributed by atoms with E-state index in [1.807, 2.05) is 6.07 Å². The molecule has 1 aliphatic rings. The number of hydrogen-bond acceptors (Lipinski definition) is 6. The summed E-state index contributed by atoms with van der Waals surface area (Å²) >= 11 is 0. The van der Waals surface area contributed by atoms with Crippen LogP contribution in [0.4, 0.5) is 5.82 Å². The van der Waals surface area contributed by atoms with Gasteiger partial charge in [-0.15, -0.1) is 0 Å². The van der Waals surface area contributed by atoms with Crippen LogP contribution >= 0.6 is 0 Å². The van der Waals surface area contributed by atoms with Crippen LogP contribution in [0.2, 0.25) is 0 Å². The van der Waals surface area contributed by atoms with Gasteiger partial charge in [0.15, 0.2) is 0 Å². The molecule has 0 bridgehead atoms. The van der Waals surface area contributed by atoms with Gasteiger partial charge in [0.25, 0.3) is 0 Å². The summed E-state index contributed by atoms with van der Waals surface area (Å²) in [4.78, 5) is 27.0. The second kappa shape index (κ2) is 8.73. The van der Waals surface area contributed by atoms with Crippen molar-refractivity contribution in [3.8, 4) is 6.07 Å². The standard InChI is InChI=1S/C16H20N4O3/c17-11-13-3-1-7-18-15(13)19-9-10-23-14(21)4-2-8-20-16(22)12-5-6-12/h1,3,7,12H,2,4-6,8-10H2,(H,18,19)(H,20,22). The number of anilines is 1. The summed E-state index contributed by atoms with van der Waals surface area (Å²) in [5.41, 5.74) is 0.449. The third kappa shape index (κ3) is 5.94. The van der Waals surface area contributed by atoms with E-state index in [-0.39, 0.29) is 30.8 Å². The number of hydrogen-bond donors (Lipinski definition) is 2. The highest BCUT2D eigenvalue weighted by Crippen LogP contribution is 2.28. The minimum Gasteiger partial charge on any atom is -0.464 e. The molecule has 1 amide bonds. The van der Waals surface area contributed by atoms with Crippen LogP contribution in [-0.4, -0.2) is 36.6 Å². The van der Waals surface area contributed by atoms with Gasteiger partial charge in [-0.2, -0.15) is 5.26 Å². The van der Waals surface area contributed by atoms with Crippen LogP contribution in [0.5, 0.6) is 0 Å². The molecular formula is C16H20N4O3. The first kappa shape index (κ1) is 16.7. The fraction of sp³-hybridized carbons (Fsp3) is 0.500. The summed E-state index contributed by atoms with van der Waals surface area (Å²) in [5, 5.41) is 14.7. The van der Waals surface area contributed by atoms with Gasteiger partial charge in [0.2, 0.25) is 5.91 Å². The predicted molar refractivity (Wildman–Crippen MR) is 83.4 cm³/mol. The van der Waals surface area contributed by atoms with Crippen LogP contribution in [0.3, 0.4) is 0 Å². The first-order chi connectivity index (χ1) is 11.2. The van der Waals surface area contributed by atoms with Gasteiger partial charge in [0.1, 0.15) is 18.5 Å². The molecule has 2 N–H and O–H groups in total. The maximum absolute atomic E-state index is 11.5. The second-order valence-corrected chi connectivity index (χ2v) is 5.33. The first-order valence-electron chi connectivity index (χ1n) is 7.73. The molecule has 122 valence electrons. The van der Waals surface area contributed by atoms with Crippen molar-refractivity contribution in [1.82, 2.24) is 10.3 Å². The number of aromatic nitrogens is 1. The lowest BCUT2D eigenvalue weighted by Crippen LogP contribution is -2.26. The zero-order chi connectivity index (χ0) is 16.5. The fourth-order valence-electron chi connectivity index (χ4n) is 1.98. The SMILES string of the molecule is N#Cc1cccnc1NCCOC(=O)CCCNC(=O)C1CC1. The van der Waals surface area contributed by atoms with Gasteiger partial charge < -0.3 is 15.4 Å². The van der Waals surface area contributed by atoms with E-state index in [0.29, 0.717) is 30.9 Å². The minimum absolute atomic E-state index is 0.0891. The van der Waals surface area contributed by atoms with E-state index in [1.54, 1.807) is 18.3 Å². The van der Waals surface area contributed by atoms with Gasteiger partial charge in [0, 0.05) is 25.1 Å². The van der Waals surface area contributed by atoms with Gasteiger partial charge in [-0.05, 0) is 31.4 Å². The van der Waals surface area contributed by atoms with Crippen molar-refractivity contribution in [1.29, 1.82) is 5.26 Å². The van der Waals surface area contributed by atoms with Crippen LogP contribution in [0.15, 0.2) is 18.3 Å². The molecule has 1 saturated carbocycles. The zero-order valence-electron chi connectivity index (χ0n) is 12.9. The Bertz CT molecular complexity index is 593. The quantitative estimate of drug-likeness (QED) is 0.524. The maximum atomic E-state index is 11.5. The van der Waals surface area contributed by atoms with Gasteiger partial charge in [0.05, 0.1) is 12.1 Å². The van der Waals surface area contributed by atoms with Crippen LogP contribution in [0.1, 0.15) is 31.2 Å². The summed E-state index contributed by atoms with van der Waals surface area (Å²) in [6, 6.07) is 5.38. The van der Waals surface area contributed by atoms with Crippen molar-refractivity contribution in [2.75, 3.05) is 25.0 Å². The third-order valence-corrected chi connectivity index (χ3v) is 3.39. The molecule has 0 saturated heterocycles. The summed E-state index contributed by atoms with van der Waals surface area (Å²) in [6.45, 7) is 1.09. The number of ether oxygens (including phenoxy) is 1. The average molecular weight is 316 g/mol. The number of carbonyl (C=O) groups is 2. The average Bonchev–Trinajstić information content (AvgIpc) is 3.40. The molecule has 23 heavy (non-hydrogen) atoms. The predicted octanol–water partition coefficient (Wildman–Crippen LogP) is 1.21. The van der Waals surface area contributed by atoms with Gasteiger partial charge in [-0.25, -0.2) is 4.98 Å². The van der Waals surface area contributed by atoms with Crippen LogP contribution in [0.25, 0.3) is 0 Å². The smallest absolute Gasteiger partial charge is 0.305 e. The molecule has 1 heterocycles. The number of amides is 1. The Balaban J connectivity index is 1.52. The molecule has 0 aliphatic heterocycles. The first-order valence-corrected chi connectivity index (χ1v) is 7.73. The molecule has 7 heteroatoms. The Morgan fingerprint density at radius 2 is 2.22 bits per heavy atom. The van der Waals surface area contributed by atoms with Crippen molar-refractivity contribution >= 4 is 17.7 Å². The fourth-order valence-corrected chi connectivity index (χ4v) is 1.98. The largest absolute Gasteiger partial charge is 0.464 e. The monoisotopic (exact) mass is 316 g/mol. The van der Waals surface area contributed by atoms with Crippen LogP contribution < -0.4 is 10.6 Å². The molecule has 1 fully saturated rings. The van der Waals surface area contributed by atoms with E-state index >= 15 is 0 Å². The molecule has 0 spiro atoms. The lowest BCUT2D eigenvalue weighted by atomic mass is 10.3. The summed E-state index contributed by atoms with van der Waals surface area (Å²) < 4.78 is 5.08. The van der Waals surface area contributed by atoms with E-state index in [4.69, 9.17) is 10.00 Å². The van der Waals surface area contributed by atoms with Crippen LogP contribution in [0, 0.1) is 17.2 Å². The van der Waals surface area contributed by atoms with Crippen molar-refractivity contribution in [2.45, 2.75) is 25.7 Å². The molecule has 0 atom stereocenters. The van der Waals surface area contributed by atoms with Gasteiger partial charge in [-0.1, -0.05) is 0 Å². The molecular weight excluding hydrogens is 296 g/mol. The normalized spacial score (nSPS) is 13.0. The molecule has 7 nitrogen and oxygen atoms in total. The van der Waals surface area contributed by atoms with E-state index in [1.165, 1.54) is 0 Å². The summed E-state index contributed by atoms with van der Waals surface area (Å²) in [5.74, 6) is 0.465. The van der Waals surface area contributed by atoms with Gasteiger partial charge in [-0.3, -0.25) is 9.59 Å². The Hall–Kier alpha value is -2.62. The highest BCUT2D eigenvalue weighted by atomic mass is 16.5. The number of nitrogens with one attached hydrogen (secondary N) is 2. The molecule has 0 radical (unpaired) electrons. The molecule has 0 aromatic carbocycles. The summed E-state index contributed by atoms with van der Waals surface area (Å²) in [6.07, 6.45) is 4.39. The maximum Gasteiger partial charge on any atom is 0.305 e. The Morgan fingerprint density at radius 3 is 2.96 bits per heavy atom. The molecule has 2 rings (SSSR count). The number of nitrogens with zero attached hydrogens (tertiary/aromatic N) is 2. The number of nitriles is 1. The number of carbonyl (C=O) groups excluding carboxylic acids is 2. The Labute approximate surface area is 135 Å².